The summed E-state index contributed by atoms with van der Waals surface area (Å²) in [5.41, 5.74) is 0. The fraction of sp³-hybridized carbons (Fsp3) is 0.615. The second-order valence-corrected chi connectivity index (χ2v) is 3.98. The van der Waals surface area contributed by atoms with Crippen molar-refractivity contribution in [2.24, 2.45) is 0 Å². The van der Waals surface area contributed by atoms with Crippen LogP contribution in [0.2, 0.25) is 0 Å². The molecular formula is C13H22N2O. The molecule has 0 amide bonds. The molecule has 0 radical (unpaired) electrons. The minimum atomic E-state index is 0.462. The highest BCUT2D eigenvalue weighted by Gasteiger charge is 2.03. The number of rotatable bonds is 7. The predicted molar refractivity (Wildman–Crippen MR) is 68.0 cm³/mol. The largest absolute Gasteiger partial charge is 0.478 e. The first-order valence-electron chi connectivity index (χ1n) is 6.12. The van der Waals surface area contributed by atoms with Crippen LogP contribution in [-0.4, -0.2) is 17.6 Å². The lowest BCUT2D eigenvalue weighted by Gasteiger charge is -2.14. The average Bonchev–Trinajstić information content (AvgIpc) is 2.27. The lowest BCUT2D eigenvalue weighted by atomic mass is 10.1. The summed E-state index contributed by atoms with van der Waals surface area (Å²) in [6.07, 6.45) is 3.66. The van der Waals surface area contributed by atoms with Gasteiger partial charge in [0.1, 0.15) is 5.82 Å². The third kappa shape index (κ3) is 4.51. The Balaban J connectivity index is 2.49. The van der Waals surface area contributed by atoms with Crippen LogP contribution < -0.4 is 10.1 Å². The Kier molecular flexibility index (Phi) is 5.68. The summed E-state index contributed by atoms with van der Waals surface area (Å²) < 4.78 is 5.36. The van der Waals surface area contributed by atoms with Crippen molar-refractivity contribution in [3.05, 3.63) is 18.2 Å². The quantitative estimate of drug-likeness (QED) is 0.767. The minimum absolute atomic E-state index is 0.462. The Morgan fingerprint density at radius 3 is 2.88 bits per heavy atom. The number of hydrogen-bond donors (Lipinski definition) is 1. The highest BCUT2D eigenvalue weighted by atomic mass is 16.5. The second kappa shape index (κ2) is 7.09. The van der Waals surface area contributed by atoms with Gasteiger partial charge < -0.3 is 10.1 Å². The Morgan fingerprint density at radius 1 is 1.38 bits per heavy atom. The maximum absolute atomic E-state index is 5.36. The van der Waals surface area contributed by atoms with Crippen molar-refractivity contribution >= 4 is 5.82 Å². The molecule has 90 valence electrons. The van der Waals surface area contributed by atoms with E-state index >= 15 is 0 Å². The summed E-state index contributed by atoms with van der Waals surface area (Å²) in [7, 11) is 0. The van der Waals surface area contributed by atoms with Gasteiger partial charge in [-0.15, -0.1) is 0 Å². The van der Waals surface area contributed by atoms with Crippen molar-refractivity contribution in [1.29, 1.82) is 0 Å². The molecule has 16 heavy (non-hydrogen) atoms. The van der Waals surface area contributed by atoms with Crippen LogP contribution in [-0.2, 0) is 0 Å². The van der Waals surface area contributed by atoms with Gasteiger partial charge in [-0.25, -0.2) is 0 Å². The van der Waals surface area contributed by atoms with Crippen LogP contribution in [0, 0.1) is 0 Å². The van der Waals surface area contributed by atoms with Crippen LogP contribution in [0.4, 0.5) is 5.82 Å². The third-order valence-electron chi connectivity index (χ3n) is 2.40. The van der Waals surface area contributed by atoms with Gasteiger partial charge in [0.2, 0.25) is 5.88 Å². The molecule has 0 aliphatic heterocycles. The van der Waals surface area contributed by atoms with Gasteiger partial charge in [0.25, 0.3) is 0 Å². The van der Waals surface area contributed by atoms with Gasteiger partial charge in [-0.1, -0.05) is 25.8 Å². The number of unbranched alkanes of at least 4 members (excludes halogenated alkanes) is 1. The average molecular weight is 222 g/mol. The summed E-state index contributed by atoms with van der Waals surface area (Å²) in [6, 6.07) is 6.28. The maximum atomic E-state index is 5.36. The molecule has 3 heteroatoms. The van der Waals surface area contributed by atoms with Crippen molar-refractivity contribution in [3.63, 3.8) is 0 Å². The molecule has 1 atom stereocenters. The molecule has 0 saturated carbocycles. The number of pyridine rings is 1. The van der Waals surface area contributed by atoms with E-state index in [1.54, 1.807) is 0 Å². The zero-order chi connectivity index (χ0) is 11.8. The highest BCUT2D eigenvalue weighted by Crippen LogP contribution is 2.13. The first-order valence-corrected chi connectivity index (χ1v) is 6.12. The molecule has 1 aromatic heterocycles. The van der Waals surface area contributed by atoms with E-state index in [9.17, 15) is 0 Å². The molecule has 0 saturated heterocycles. The summed E-state index contributed by atoms with van der Waals surface area (Å²) in [5.74, 6) is 1.59. The van der Waals surface area contributed by atoms with Crippen LogP contribution >= 0.6 is 0 Å². The van der Waals surface area contributed by atoms with Gasteiger partial charge >= 0.3 is 0 Å². The van der Waals surface area contributed by atoms with Crippen molar-refractivity contribution in [2.75, 3.05) is 11.9 Å². The Morgan fingerprint density at radius 2 is 2.19 bits per heavy atom. The van der Waals surface area contributed by atoms with E-state index in [-0.39, 0.29) is 0 Å². The van der Waals surface area contributed by atoms with Crippen molar-refractivity contribution < 1.29 is 4.74 Å². The van der Waals surface area contributed by atoms with Crippen LogP contribution in [0.1, 0.15) is 40.0 Å². The summed E-state index contributed by atoms with van der Waals surface area (Å²) in [5, 5.41) is 3.38. The maximum Gasteiger partial charge on any atom is 0.215 e. The van der Waals surface area contributed by atoms with Gasteiger partial charge in [-0.3, -0.25) is 0 Å². The van der Waals surface area contributed by atoms with Crippen molar-refractivity contribution in [1.82, 2.24) is 4.98 Å². The molecule has 0 bridgehead atoms. The highest BCUT2D eigenvalue weighted by molar-refractivity contribution is 5.37. The molecule has 0 fully saturated rings. The molecular weight excluding hydrogens is 200 g/mol. The predicted octanol–water partition coefficient (Wildman–Crippen LogP) is 3.47. The molecule has 1 unspecified atom stereocenters. The number of aromatic nitrogens is 1. The van der Waals surface area contributed by atoms with Crippen molar-refractivity contribution in [3.8, 4) is 5.88 Å². The smallest absolute Gasteiger partial charge is 0.215 e. The lowest BCUT2D eigenvalue weighted by Crippen LogP contribution is -2.15. The SMILES string of the molecule is CCCCC(C)Nc1cccc(OCC)n1. The standard InChI is InChI=1S/C13H22N2O/c1-4-6-8-11(3)14-12-9-7-10-13(15-12)16-5-2/h7,9-11H,4-6,8H2,1-3H3,(H,14,15). The molecule has 1 heterocycles. The number of nitrogens with one attached hydrogen (secondary N) is 1. The van der Waals surface area contributed by atoms with E-state index in [1.165, 1.54) is 19.3 Å². The fourth-order valence-corrected chi connectivity index (χ4v) is 1.56. The fourth-order valence-electron chi connectivity index (χ4n) is 1.56. The normalized spacial score (nSPS) is 12.2. The first kappa shape index (κ1) is 12.8. The molecule has 0 spiro atoms. The molecule has 1 aromatic rings. The van der Waals surface area contributed by atoms with E-state index in [4.69, 9.17) is 4.74 Å². The second-order valence-electron chi connectivity index (χ2n) is 3.98. The zero-order valence-electron chi connectivity index (χ0n) is 10.5. The topological polar surface area (TPSA) is 34.1 Å². The number of anilines is 1. The Hall–Kier alpha value is -1.25. The van der Waals surface area contributed by atoms with Gasteiger partial charge in [-0.05, 0) is 26.3 Å². The van der Waals surface area contributed by atoms with Crippen LogP contribution in [0.15, 0.2) is 18.2 Å². The molecule has 1 rings (SSSR count). The lowest BCUT2D eigenvalue weighted by molar-refractivity contribution is 0.327. The summed E-state index contributed by atoms with van der Waals surface area (Å²) >= 11 is 0. The molecule has 0 aliphatic rings. The molecule has 0 aromatic carbocycles. The number of nitrogens with zero attached hydrogens (tertiary/aromatic N) is 1. The van der Waals surface area contributed by atoms with Crippen LogP contribution in [0.3, 0.4) is 0 Å². The molecule has 0 aliphatic carbocycles. The first-order chi connectivity index (χ1) is 7.76. The van der Waals surface area contributed by atoms with E-state index in [0.717, 1.165) is 5.82 Å². The van der Waals surface area contributed by atoms with Gasteiger partial charge in [0.15, 0.2) is 0 Å². The Bertz CT molecular complexity index is 302. The number of hydrogen-bond acceptors (Lipinski definition) is 3. The zero-order valence-corrected chi connectivity index (χ0v) is 10.5. The summed E-state index contributed by atoms with van der Waals surface area (Å²) in [4.78, 5) is 4.38. The van der Waals surface area contributed by atoms with Crippen LogP contribution in [0.25, 0.3) is 0 Å². The van der Waals surface area contributed by atoms with Gasteiger partial charge in [0.05, 0.1) is 6.61 Å². The minimum Gasteiger partial charge on any atom is -0.478 e. The van der Waals surface area contributed by atoms with Crippen LogP contribution in [0.5, 0.6) is 5.88 Å². The van der Waals surface area contributed by atoms with Crippen molar-refractivity contribution in [2.45, 2.75) is 46.1 Å². The van der Waals surface area contributed by atoms with E-state index in [0.29, 0.717) is 18.5 Å². The monoisotopic (exact) mass is 222 g/mol. The number of ether oxygens (including phenoxy) is 1. The van der Waals surface area contributed by atoms with Gasteiger partial charge in [-0.2, -0.15) is 4.98 Å². The van der Waals surface area contributed by atoms with E-state index < -0.39 is 0 Å². The van der Waals surface area contributed by atoms with E-state index in [2.05, 4.69) is 24.1 Å². The summed E-state index contributed by atoms with van der Waals surface area (Å²) in [6.45, 7) is 7.01. The van der Waals surface area contributed by atoms with E-state index in [1.807, 2.05) is 25.1 Å². The molecule has 1 N–H and O–H groups in total. The third-order valence-corrected chi connectivity index (χ3v) is 2.40. The van der Waals surface area contributed by atoms with Gasteiger partial charge in [0, 0.05) is 12.1 Å². The Labute approximate surface area is 98.2 Å². The molecule has 3 nitrogen and oxygen atoms in total.